The predicted molar refractivity (Wildman–Crippen MR) is 118 cm³/mol. The van der Waals surface area contributed by atoms with Crippen molar-refractivity contribution in [1.29, 1.82) is 0 Å². The molecule has 10 heteroatoms. The van der Waals surface area contributed by atoms with E-state index in [2.05, 4.69) is 57.7 Å². The van der Waals surface area contributed by atoms with Crippen LogP contribution in [0.25, 0.3) is 11.3 Å². The predicted octanol–water partition coefficient (Wildman–Crippen LogP) is 4.79. The van der Waals surface area contributed by atoms with Crippen molar-refractivity contribution in [2.75, 3.05) is 16.4 Å². The van der Waals surface area contributed by atoms with Crippen LogP contribution in [-0.2, 0) is 10.5 Å². The Morgan fingerprint density at radius 2 is 1.86 bits per heavy atom. The summed E-state index contributed by atoms with van der Waals surface area (Å²) in [4.78, 5) is 17.7. The van der Waals surface area contributed by atoms with E-state index in [4.69, 9.17) is 4.74 Å². The number of nitrogens with one attached hydrogen (secondary N) is 2. The number of amides is 1. The van der Waals surface area contributed by atoms with Gasteiger partial charge < -0.3 is 15.4 Å². The summed E-state index contributed by atoms with van der Waals surface area (Å²) in [5, 5.41) is 15.3. The Labute approximate surface area is 187 Å². The molecule has 3 heterocycles. The summed E-state index contributed by atoms with van der Waals surface area (Å²) in [5.41, 5.74) is 1.79. The number of benzene rings is 2. The van der Waals surface area contributed by atoms with E-state index in [1.165, 1.54) is 11.8 Å². The van der Waals surface area contributed by atoms with Gasteiger partial charge in [-0.1, -0.05) is 50.5 Å². The van der Waals surface area contributed by atoms with E-state index in [1.807, 2.05) is 43.3 Å². The van der Waals surface area contributed by atoms with Crippen LogP contribution in [0.1, 0.15) is 12.5 Å². The zero-order chi connectivity index (χ0) is 20.2. The van der Waals surface area contributed by atoms with Crippen molar-refractivity contribution >= 4 is 60.9 Å². The Balaban J connectivity index is 1.78. The van der Waals surface area contributed by atoms with E-state index in [0.29, 0.717) is 27.8 Å². The van der Waals surface area contributed by atoms with Crippen LogP contribution in [0.3, 0.4) is 0 Å². The molecule has 3 aromatic rings. The molecule has 29 heavy (non-hydrogen) atoms. The fraction of sp³-hybridized carbons (Fsp3) is 0.158. The van der Waals surface area contributed by atoms with E-state index in [1.54, 1.807) is 0 Å². The van der Waals surface area contributed by atoms with Crippen LogP contribution in [0.5, 0.6) is 5.88 Å². The molecule has 1 amide bonds. The summed E-state index contributed by atoms with van der Waals surface area (Å²) in [6.45, 7) is 2.01. The van der Waals surface area contributed by atoms with E-state index in [9.17, 15) is 4.79 Å². The number of aromatic nitrogens is 3. The van der Waals surface area contributed by atoms with Gasteiger partial charge in [0.05, 0.1) is 11.3 Å². The zero-order valence-electron chi connectivity index (χ0n) is 15.0. The van der Waals surface area contributed by atoms with Gasteiger partial charge in [0.25, 0.3) is 11.6 Å². The number of ether oxygens (including phenoxy) is 1. The summed E-state index contributed by atoms with van der Waals surface area (Å²) >= 11 is 8.45. The number of nitrogens with zero attached hydrogens (tertiary/aromatic N) is 3. The first-order chi connectivity index (χ1) is 14.0. The average Bonchev–Trinajstić information content (AvgIpc) is 2.86. The fourth-order valence-electron chi connectivity index (χ4n) is 3.38. The lowest BCUT2D eigenvalue weighted by atomic mass is 10.0. The molecule has 0 saturated heterocycles. The number of fused-ring (bicyclic) bond motifs is 5. The third-order valence-corrected chi connectivity index (χ3v) is 6.34. The normalized spacial score (nSPS) is 18.8. The van der Waals surface area contributed by atoms with Crippen molar-refractivity contribution in [3.8, 4) is 17.1 Å². The topological polar surface area (TPSA) is 89.0 Å². The Hall–Kier alpha value is -2.17. The monoisotopic (exact) mass is 533 g/mol. The Bertz CT molecular complexity index is 1180. The molecular weight excluding hydrogens is 522 g/mol. The number of hydrogen-bond donors (Lipinski definition) is 2. The standard InChI is InChI=1S/C19H13Br2N5O2S/c1-2-29-18-23-16-15(25-26-18)11-7-9(20)3-5-13(11)24-19(28-16)12-8-10(21)4-6-14(12)22-17(19)27/h3-8,24H,2H2,1H3,(H,22,27)/t19-/m1/s1. The maximum Gasteiger partial charge on any atom is 0.295 e. The minimum atomic E-state index is -1.48. The van der Waals surface area contributed by atoms with Gasteiger partial charge in [0.2, 0.25) is 11.0 Å². The number of rotatable bonds is 2. The first-order valence-electron chi connectivity index (χ1n) is 8.76. The molecule has 2 aromatic carbocycles. The molecule has 5 rings (SSSR count). The van der Waals surface area contributed by atoms with Crippen LogP contribution in [0.15, 0.2) is 50.5 Å². The Kier molecular flexibility index (Phi) is 4.52. The van der Waals surface area contributed by atoms with E-state index in [0.717, 1.165) is 20.3 Å². The van der Waals surface area contributed by atoms with E-state index < -0.39 is 5.72 Å². The van der Waals surface area contributed by atoms with Crippen molar-refractivity contribution in [2.24, 2.45) is 0 Å². The van der Waals surface area contributed by atoms with Gasteiger partial charge in [-0.3, -0.25) is 4.79 Å². The van der Waals surface area contributed by atoms with Crippen LogP contribution in [0.4, 0.5) is 11.4 Å². The molecule has 0 unspecified atom stereocenters. The average molecular weight is 535 g/mol. The second-order valence-electron chi connectivity index (χ2n) is 6.42. The van der Waals surface area contributed by atoms with Gasteiger partial charge in [0, 0.05) is 20.2 Å². The van der Waals surface area contributed by atoms with Gasteiger partial charge in [0.1, 0.15) is 0 Å². The molecule has 1 aromatic heterocycles. The lowest BCUT2D eigenvalue weighted by Crippen LogP contribution is -2.47. The van der Waals surface area contributed by atoms with Crippen molar-refractivity contribution < 1.29 is 9.53 Å². The third kappa shape index (κ3) is 3.01. The zero-order valence-corrected chi connectivity index (χ0v) is 19.0. The number of carbonyl (C=O) groups excluding carboxylic acids is 1. The second-order valence-corrected chi connectivity index (χ2v) is 9.49. The number of halogens is 2. The van der Waals surface area contributed by atoms with Crippen LogP contribution in [-0.4, -0.2) is 26.8 Å². The van der Waals surface area contributed by atoms with Gasteiger partial charge in [-0.15, -0.1) is 10.2 Å². The first-order valence-corrected chi connectivity index (χ1v) is 11.3. The van der Waals surface area contributed by atoms with Crippen LogP contribution < -0.4 is 15.4 Å². The quantitative estimate of drug-likeness (QED) is 0.457. The van der Waals surface area contributed by atoms with Gasteiger partial charge in [-0.05, 0) is 42.2 Å². The summed E-state index contributed by atoms with van der Waals surface area (Å²) in [5.74, 6) is 0.723. The van der Waals surface area contributed by atoms with E-state index >= 15 is 0 Å². The Morgan fingerprint density at radius 1 is 1.10 bits per heavy atom. The number of hydrogen-bond acceptors (Lipinski definition) is 7. The fourth-order valence-corrected chi connectivity index (χ4v) is 4.61. The highest BCUT2D eigenvalue weighted by molar-refractivity contribution is 9.10. The number of anilines is 2. The maximum absolute atomic E-state index is 13.2. The third-order valence-electron chi connectivity index (χ3n) is 4.63. The van der Waals surface area contributed by atoms with Crippen LogP contribution >= 0.6 is 43.6 Å². The maximum atomic E-state index is 13.2. The smallest absolute Gasteiger partial charge is 0.295 e. The lowest BCUT2D eigenvalue weighted by Gasteiger charge is -2.28. The minimum Gasteiger partial charge on any atom is -0.435 e. The molecule has 0 radical (unpaired) electrons. The molecule has 0 aliphatic carbocycles. The summed E-state index contributed by atoms with van der Waals surface area (Å²) in [6, 6.07) is 11.2. The molecule has 2 aliphatic rings. The van der Waals surface area contributed by atoms with Gasteiger partial charge in [-0.2, -0.15) is 4.98 Å². The van der Waals surface area contributed by atoms with Crippen LogP contribution in [0, 0.1) is 0 Å². The highest BCUT2D eigenvalue weighted by Gasteiger charge is 2.52. The molecule has 0 saturated carbocycles. The molecule has 2 N–H and O–H groups in total. The molecule has 7 nitrogen and oxygen atoms in total. The van der Waals surface area contributed by atoms with Crippen molar-refractivity contribution in [2.45, 2.75) is 17.8 Å². The lowest BCUT2D eigenvalue weighted by molar-refractivity contribution is -0.128. The molecule has 1 spiro atoms. The number of carbonyl (C=O) groups is 1. The highest BCUT2D eigenvalue weighted by Crippen LogP contribution is 2.47. The van der Waals surface area contributed by atoms with Gasteiger partial charge >= 0.3 is 0 Å². The largest absolute Gasteiger partial charge is 0.435 e. The summed E-state index contributed by atoms with van der Waals surface area (Å²) in [7, 11) is 0. The molecule has 2 aliphatic heterocycles. The molecule has 0 fully saturated rings. The van der Waals surface area contributed by atoms with Gasteiger partial charge in [0.15, 0.2) is 5.69 Å². The van der Waals surface area contributed by atoms with Crippen molar-refractivity contribution in [1.82, 2.24) is 15.2 Å². The first kappa shape index (κ1) is 18.8. The minimum absolute atomic E-state index is 0.253. The SMILES string of the molecule is CCSc1nnc2c(n1)O[C@@]1(Nc3ccc(Br)cc3-2)C(=O)Nc2ccc(Br)cc21. The van der Waals surface area contributed by atoms with E-state index in [-0.39, 0.29) is 11.8 Å². The molecule has 1 atom stereocenters. The summed E-state index contributed by atoms with van der Waals surface area (Å²) in [6.07, 6.45) is 0. The highest BCUT2D eigenvalue weighted by atomic mass is 79.9. The molecule has 146 valence electrons. The summed E-state index contributed by atoms with van der Waals surface area (Å²) < 4.78 is 8.02. The van der Waals surface area contributed by atoms with Crippen molar-refractivity contribution in [3.05, 3.63) is 50.9 Å². The van der Waals surface area contributed by atoms with Crippen LogP contribution in [0.2, 0.25) is 0 Å². The Morgan fingerprint density at radius 3 is 2.66 bits per heavy atom. The molecule has 0 bridgehead atoms. The number of thioether (sulfide) groups is 1. The molecular formula is C19H13Br2N5O2S. The van der Waals surface area contributed by atoms with Gasteiger partial charge in [-0.25, -0.2) is 0 Å². The van der Waals surface area contributed by atoms with Crippen molar-refractivity contribution in [3.63, 3.8) is 0 Å². The second kappa shape index (κ2) is 6.96.